The minimum atomic E-state index is -0.146. The summed E-state index contributed by atoms with van der Waals surface area (Å²) in [6.45, 7) is 2.64. The van der Waals surface area contributed by atoms with E-state index in [4.69, 9.17) is 4.74 Å². The molecule has 1 aromatic rings. The maximum absolute atomic E-state index is 11.9. The Hall–Kier alpha value is -1.92. The highest BCUT2D eigenvalue weighted by Gasteiger charge is 2.09. The predicted molar refractivity (Wildman–Crippen MR) is 81.5 cm³/mol. The molecule has 0 saturated carbocycles. The van der Waals surface area contributed by atoms with Crippen LogP contribution in [0.1, 0.15) is 20.7 Å². The molecule has 21 heavy (non-hydrogen) atoms. The van der Waals surface area contributed by atoms with Crippen LogP contribution in [0.3, 0.4) is 0 Å². The average Bonchev–Trinajstić information content (AvgIpc) is 2.49. The summed E-state index contributed by atoms with van der Waals surface area (Å²) in [6.07, 6.45) is 0. The van der Waals surface area contributed by atoms with Crippen molar-refractivity contribution in [1.82, 2.24) is 15.5 Å². The Labute approximate surface area is 125 Å². The van der Waals surface area contributed by atoms with Crippen LogP contribution in [0.15, 0.2) is 24.3 Å². The van der Waals surface area contributed by atoms with Crippen molar-refractivity contribution >= 4 is 11.8 Å². The first kappa shape index (κ1) is 17.1. The number of carbonyl (C=O) groups excluding carboxylic acids is 2. The van der Waals surface area contributed by atoms with Crippen LogP contribution in [0.4, 0.5) is 0 Å². The molecule has 0 radical (unpaired) electrons. The molecule has 6 nitrogen and oxygen atoms in total. The molecule has 0 atom stereocenters. The van der Waals surface area contributed by atoms with Gasteiger partial charge in [-0.1, -0.05) is 0 Å². The van der Waals surface area contributed by atoms with Crippen molar-refractivity contribution in [3.63, 3.8) is 0 Å². The highest BCUT2D eigenvalue weighted by molar-refractivity contribution is 5.97. The van der Waals surface area contributed by atoms with Gasteiger partial charge in [0.1, 0.15) is 0 Å². The van der Waals surface area contributed by atoms with Crippen molar-refractivity contribution in [3.8, 4) is 0 Å². The van der Waals surface area contributed by atoms with Crippen LogP contribution in [-0.2, 0) is 4.74 Å². The topological polar surface area (TPSA) is 70.7 Å². The number of nitrogens with zero attached hydrogens (tertiary/aromatic N) is 1. The van der Waals surface area contributed by atoms with Gasteiger partial charge in [0, 0.05) is 52.0 Å². The van der Waals surface area contributed by atoms with E-state index in [2.05, 4.69) is 10.6 Å². The molecule has 0 aliphatic carbocycles. The van der Waals surface area contributed by atoms with Gasteiger partial charge in [-0.25, -0.2) is 0 Å². The van der Waals surface area contributed by atoms with Gasteiger partial charge in [-0.3, -0.25) is 9.59 Å². The maximum atomic E-state index is 11.9. The van der Waals surface area contributed by atoms with E-state index in [0.29, 0.717) is 30.8 Å². The van der Waals surface area contributed by atoms with E-state index in [1.807, 2.05) is 0 Å². The fourth-order valence-corrected chi connectivity index (χ4v) is 1.69. The number of amides is 2. The molecule has 0 aliphatic rings. The van der Waals surface area contributed by atoms with Crippen molar-refractivity contribution in [2.45, 2.75) is 0 Å². The van der Waals surface area contributed by atoms with Crippen molar-refractivity contribution in [2.24, 2.45) is 0 Å². The lowest BCUT2D eigenvalue weighted by Gasteiger charge is -2.10. The minimum Gasteiger partial charge on any atom is -0.383 e. The van der Waals surface area contributed by atoms with Crippen LogP contribution < -0.4 is 10.6 Å². The van der Waals surface area contributed by atoms with E-state index in [1.54, 1.807) is 45.5 Å². The lowest BCUT2D eigenvalue weighted by atomic mass is 10.1. The van der Waals surface area contributed by atoms with Crippen LogP contribution in [0.25, 0.3) is 0 Å². The Kier molecular flexibility index (Phi) is 7.42. The molecule has 0 heterocycles. The van der Waals surface area contributed by atoms with Crippen molar-refractivity contribution in [3.05, 3.63) is 35.4 Å². The number of rotatable bonds is 8. The molecule has 0 spiro atoms. The summed E-state index contributed by atoms with van der Waals surface area (Å²) in [5, 5.41) is 5.95. The van der Waals surface area contributed by atoms with Crippen LogP contribution in [0.2, 0.25) is 0 Å². The highest BCUT2D eigenvalue weighted by atomic mass is 16.5. The second-order valence-corrected chi connectivity index (χ2v) is 4.78. The zero-order chi connectivity index (χ0) is 15.7. The second-order valence-electron chi connectivity index (χ2n) is 4.78. The molecule has 1 rings (SSSR count). The van der Waals surface area contributed by atoms with E-state index < -0.39 is 0 Å². The summed E-state index contributed by atoms with van der Waals surface area (Å²) in [7, 11) is 5.03. The molecule has 6 heteroatoms. The molecule has 1 aromatic carbocycles. The first-order chi connectivity index (χ1) is 10.1. The van der Waals surface area contributed by atoms with E-state index in [0.717, 1.165) is 6.54 Å². The van der Waals surface area contributed by atoms with Crippen molar-refractivity contribution in [1.29, 1.82) is 0 Å². The van der Waals surface area contributed by atoms with Crippen LogP contribution in [0.5, 0.6) is 0 Å². The molecule has 0 aromatic heterocycles. The highest BCUT2D eigenvalue weighted by Crippen LogP contribution is 2.06. The van der Waals surface area contributed by atoms with E-state index in [1.165, 1.54) is 4.90 Å². The van der Waals surface area contributed by atoms with Gasteiger partial charge < -0.3 is 20.3 Å². The quantitative estimate of drug-likeness (QED) is 0.679. The zero-order valence-electron chi connectivity index (χ0n) is 12.8. The first-order valence-electron chi connectivity index (χ1n) is 6.86. The summed E-state index contributed by atoms with van der Waals surface area (Å²) in [6, 6.07) is 6.64. The minimum absolute atomic E-state index is 0.0794. The summed E-state index contributed by atoms with van der Waals surface area (Å²) < 4.78 is 4.91. The molecule has 0 unspecified atom stereocenters. The standard InChI is InChI=1S/C15H23N3O3/c1-18(2)15(20)13-6-4-12(5-7-13)14(19)17-9-8-16-10-11-21-3/h4-7,16H,8-11H2,1-3H3,(H,17,19). The third-order valence-corrected chi connectivity index (χ3v) is 2.87. The van der Waals surface area contributed by atoms with E-state index in [9.17, 15) is 9.59 Å². The van der Waals surface area contributed by atoms with Crippen LogP contribution in [0, 0.1) is 0 Å². The maximum Gasteiger partial charge on any atom is 0.253 e. The summed E-state index contributed by atoms with van der Waals surface area (Å²) in [5.74, 6) is -0.225. The Balaban J connectivity index is 2.39. The van der Waals surface area contributed by atoms with Crippen LogP contribution >= 0.6 is 0 Å². The second kappa shape index (κ2) is 9.10. The molecule has 2 amide bonds. The molecule has 0 saturated heterocycles. The normalized spacial score (nSPS) is 10.2. The monoisotopic (exact) mass is 293 g/mol. The van der Waals surface area contributed by atoms with Gasteiger partial charge in [0.25, 0.3) is 11.8 Å². The summed E-state index contributed by atoms with van der Waals surface area (Å²) in [4.78, 5) is 25.1. The van der Waals surface area contributed by atoms with Crippen molar-refractivity contribution in [2.75, 3.05) is 47.4 Å². The number of hydrogen-bond acceptors (Lipinski definition) is 4. The van der Waals surface area contributed by atoms with Crippen LogP contribution in [-0.4, -0.2) is 64.2 Å². The predicted octanol–water partition coefficient (Wildman–Crippen LogP) is 0.354. The SMILES string of the molecule is COCCNCCNC(=O)c1ccc(C(=O)N(C)C)cc1. The zero-order valence-corrected chi connectivity index (χ0v) is 12.8. The van der Waals surface area contributed by atoms with Gasteiger partial charge in [0.15, 0.2) is 0 Å². The lowest BCUT2D eigenvalue weighted by molar-refractivity contribution is 0.0826. The molecule has 0 aliphatic heterocycles. The van der Waals surface area contributed by atoms with E-state index in [-0.39, 0.29) is 11.8 Å². The number of hydrogen-bond donors (Lipinski definition) is 2. The van der Waals surface area contributed by atoms with Gasteiger partial charge in [-0.2, -0.15) is 0 Å². The third-order valence-electron chi connectivity index (χ3n) is 2.87. The average molecular weight is 293 g/mol. The Bertz CT molecular complexity index is 458. The molecule has 116 valence electrons. The molecular weight excluding hydrogens is 270 g/mol. The number of ether oxygens (including phenoxy) is 1. The number of benzene rings is 1. The number of methoxy groups -OCH3 is 1. The van der Waals surface area contributed by atoms with Gasteiger partial charge in [-0.15, -0.1) is 0 Å². The molecule has 0 bridgehead atoms. The Morgan fingerprint density at radius 1 is 1.05 bits per heavy atom. The molecule has 2 N–H and O–H groups in total. The van der Waals surface area contributed by atoms with Gasteiger partial charge in [0.2, 0.25) is 0 Å². The lowest BCUT2D eigenvalue weighted by Crippen LogP contribution is -2.33. The summed E-state index contributed by atoms with van der Waals surface area (Å²) >= 11 is 0. The number of carbonyl (C=O) groups is 2. The first-order valence-corrected chi connectivity index (χ1v) is 6.86. The molecule has 0 fully saturated rings. The van der Waals surface area contributed by atoms with Gasteiger partial charge in [-0.05, 0) is 24.3 Å². The van der Waals surface area contributed by atoms with Crippen molar-refractivity contribution < 1.29 is 14.3 Å². The Morgan fingerprint density at radius 2 is 1.67 bits per heavy atom. The van der Waals surface area contributed by atoms with Gasteiger partial charge in [0.05, 0.1) is 6.61 Å². The molecular formula is C15H23N3O3. The Morgan fingerprint density at radius 3 is 2.24 bits per heavy atom. The van der Waals surface area contributed by atoms with E-state index >= 15 is 0 Å². The fraction of sp³-hybridized carbons (Fsp3) is 0.467. The van der Waals surface area contributed by atoms with Gasteiger partial charge >= 0.3 is 0 Å². The third kappa shape index (κ3) is 5.93. The largest absolute Gasteiger partial charge is 0.383 e. The number of nitrogens with one attached hydrogen (secondary N) is 2. The summed E-state index contributed by atoms with van der Waals surface area (Å²) in [5.41, 5.74) is 1.11. The smallest absolute Gasteiger partial charge is 0.253 e. The fourth-order valence-electron chi connectivity index (χ4n) is 1.69.